The van der Waals surface area contributed by atoms with Gasteiger partial charge in [0.25, 0.3) is 0 Å². The Morgan fingerprint density at radius 3 is 2.19 bits per heavy atom. The molecule has 0 aliphatic rings. The summed E-state index contributed by atoms with van der Waals surface area (Å²) in [5.41, 5.74) is 4.23. The Balaban J connectivity index is 2.06. The Bertz CT molecular complexity index is 501. The highest BCUT2D eigenvalue weighted by Crippen LogP contribution is 2.19. The summed E-state index contributed by atoms with van der Waals surface area (Å²) in [4.78, 5) is 0. The van der Waals surface area contributed by atoms with Crippen LogP contribution in [-0.4, -0.2) is 6.54 Å². The SMILES string of the molecule is CCCCc1ccc(C(Cc2ccccc2)NCC)cc1. The monoisotopic (exact) mass is 281 g/mol. The lowest BCUT2D eigenvalue weighted by molar-refractivity contribution is 0.549. The molecule has 0 aliphatic carbocycles. The van der Waals surface area contributed by atoms with Crippen LogP contribution in [0.5, 0.6) is 0 Å². The van der Waals surface area contributed by atoms with Gasteiger partial charge in [0.2, 0.25) is 0 Å². The van der Waals surface area contributed by atoms with E-state index in [4.69, 9.17) is 0 Å². The van der Waals surface area contributed by atoms with Gasteiger partial charge in [0.05, 0.1) is 0 Å². The molecule has 2 aromatic carbocycles. The molecule has 2 aromatic rings. The Labute approximate surface area is 129 Å². The number of unbranched alkanes of at least 4 members (excludes halogenated alkanes) is 1. The second kappa shape index (κ2) is 8.63. The summed E-state index contributed by atoms with van der Waals surface area (Å²) in [6.45, 7) is 5.41. The molecule has 0 amide bonds. The van der Waals surface area contributed by atoms with Crippen molar-refractivity contribution in [1.29, 1.82) is 0 Å². The van der Waals surface area contributed by atoms with Gasteiger partial charge in [0, 0.05) is 6.04 Å². The van der Waals surface area contributed by atoms with E-state index >= 15 is 0 Å². The van der Waals surface area contributed by atoms with Gasteiger partial charge in [-0.1, -0.05) is 74.9 Å². The molecule has 0 aliphatic heterocycles. The first-order chi connectivity index (χ1) is 10.3. The van der Waals surface area contributed by atoms with Crippen LogP contribution in [0.4, 0.5) is 0 Å². The van der Waals surface area contributed by atoms with Gasteiger partial charge < -0.3 is 5.32 Å². The molecule has 0 saturated carbocycles. The van der Waals surface area contributed by atoms with E-state index in [0.29, 0.717) is 6.04 Å². The fourth-order valence-corrected chi connectivity index (χ4v) is 2.70. The molecule has 1 unspecified atom stereocenters. The minimum atomic E-state index is 0.401. The lowest BCUT2D eigenvalue weighted by atomic mass is 9.97. The third-order valence-electron chi connectivity index (χ3n) is 3.93. The fourth-order valence-electron chi connectivity index (χ4n) is 2.70. The third kappa shape index (κ3) is 5.02. The molecule has 0 aromatic heterocycles. The van der Waals surface area contributed by atoms with Gasteiger partial charge >= 0.3 is 0 Å². The molecule has 1 atom stereocenters. The van der Waals surface area contributed by atoms with Crippen LogP contribution in [0.15, 0.2) is 54.6 Å². The van der Waals surface area contributed by atoms with Crippen molar-refractivity contribution in [3.63, 3.8) is 0 Å². The van der Waals surface area contributed by atoms with Crippen molar-refractivity contribution < 1.29 is 0 Å². The molecule has 1 N–H and O–H groups in total. The van der Waals surface area contributed by atoms with E-state index in [-0.39, 0.29) is 0 Å². The molecular weight excluding hydrogens is 254 g/mol. The number of hydrogen-bond acceptors (Lipinski definition) is 1. The van der Waals surface area contributed by atoms with Gasteiger partial charge in [-0.2, -0.15) is 0 Å². The summed E-state index contributed by atoms with van der Waals surface area (Å²) in [6.07, 6.45) is 4.78. The van der Waals surface area contributed by atoms with Crippen LogP contribution in [0.2, 0.25) is 0 Å². The maximum absolute atomic E-state index is 3.61. The molecule has 0 heterocycles. The second-order valence-electron chi connectivity index (χ2n) is 5.65. The molecule has 112 valence electrons. The van der Waals surface area contributed by atoms with Crippen LogP contribution in [0.25, 0.3) is 0 Å². The van der Waals surface area contributed by atoms with Crippen molar-refractivity contribution in [1.82, 2.24) is 5.32 Å². The average Bonchev–Trinajstić information content (AvgIpc) is 2.54. The first kappa shape index (κ1) is 15.8. The Morgan fingerprint density at radius 1 is 0.857 bits per heavy atom. The van der Waals surface area contributed by atoms with Gasteiger partial charge in [-0.25, -0.2) is 0 Å². The van der Waals surface area contributed by atoms with Crippen LogP contribution < -0.4 is 5.32 Å². The van der Waals surface area contributed by atoms with E-state index in [1.807, 2.05) is 0 Å². The van der Waals surface area contributed by atoms with Crippen LogP contribution in [0.1, 0.15) is 49.4 Å². The van der Waals surface area contributed by atoms with Crippen molar-refractivity contribution >= 4 is 0 Å². The van der Waals surface area contributed by atoms with E-state index in [1.165, 1.54) is 36.0 Å². The minimum Gasteiger partial charge on any atom is -0.310 e. The number of likely N-dealkylation sites (N-methyl/N-ethyl adjacent to an activating group) is 1. The summed E-state index contributed by atoms with van der Waals surface area (Å²) < 4.78 is 0. The minimum absolute atomic E-state index is 0.401. The topological polar surface area (TPSA) is 12.0 Å². The molecule has 1 heteroatoms. The zero-order chi connectivity index (χ0) is 14.9. The summed E-state index contributed by atoms with van der Waals surface area (Å²) in [5, 5.41) is 3.61. The van der Waals surface area contributed by atoms with Gasteiger partial charge in [-0.15, -0.1) is 0 Å². The summed E-state index contributed by atoms with van der Waals surface area (Å²) >= 11 is 0. The van der Waals surface area contributed by atoms with Gasteiger partial charge in [-0.05, 0) is 42.5 Å². The van der Waals surface area contributed by atoms with E-state index in [2.05, 4.69) is 73.8 Å². The normalized spacial score (nSPS) is 12.3. The summed E-state index contributed by atoms with van der Waals surface area (Å²) in [5.74, 6) is 0. The van der Waals surface area contributed by atoms with Crippen molar-refractivity contribution in [3.8, 4) is 0 Å². The smallest absolute Gasteiger partial charge is 0.0360 e. The van der Waals surface area contributed by atoms with Crippen LogP contribution in [-0.2, 0) is 12.8 Å². The van der Waals surface area contributed by atoms with E-state index in [9.17, 15) is 0 Å². The standard InChI is InChI=1S/C20H27N/c1-3-5-9-17-12-14-19(15-13-17)20(21-4-2)16-18-10-7-6-8-11-18/h6-8,10-15,20-21H,3-5,9,16H2,1-2H3. The van der Waals surface area contributed by atoms with Crippen molar-refractivity contribution in [2.24, 2.45) is 0 Å². The van der Waals surface area contributed by atoms with Gasteiger partial charge in [-0.3, -0.25) is 0 Å². The zero-order valence-corrected chi connectivity index (χ0v) is 13.3. The van der Waals surface area contributed by atoms with Crippen molar-refractivity contribution in [2.75, 3.05) is 6.54 Å². The van der Waals surface area contributed by atoms with E-state index in [1.54, 1.807) is 0 Å². The molecule has 0 bridgehead atoms. The van der Waals surface area contributed by atoms with Gasteiger partial charge in [0.1, 0.15) is 0 Å². The first-order valence-electron chi connectivity index (χ1n) is 8.19. The molecule has 21 heavy (non-hydrogen) atoms. The Kier molecular flexibility index (Phi) is 6.49. The predicted molar refractivity (Wildman–Crippen MR) is 91.6 cm³/mol. The molecule has 0 radical (unpaired) electrons. The molecule has 0 saturated heterocycles. The number of rotatable bonds is 8. The zero-order valence-electron chi connectivity index (χ0n) is 13.3. The van der Waals surface area contributed by atoms with Crippen molar-refractivity contribution in [3.05, 3.63) is 71.3 Å². The maximum atomic E-state index is 3.61. The molecule has 0 fully saturated rings. The fraction of sp³-hybridized carbons (Fsp3) is 0.400. The predicted octanol–water partition coefficient (Wildman–Crippen LogP) is 4.92. The van der Waals surface area contributed by atoms with Crippen LogP contribution >= 0.6 is 0 Å². The lowest BCUT2D eigenvalue weighted by Crippen LogP contribution is -2.22. The molecular formula is C20H27N. The van der Waals surface area contributed by atoms with E-state index < -0.39 is 0 Å². The maximum Gasteiger partial charge on any atom is 0.0360 e. The summed E-state index contributed by atoms with van der Waals surface area (Å²) in [6, 6.07) is 20.3. The quantitative estimate of drug-likeness (QED) is 0.724. The third-order valence-corrected chi connectivity index (χ3v) is 3.93. The molecule has 1 nitrogen and oxygen atoms in total. The summed E-state index contributed by atoms with van der Waals surface area (Å²) in [7, 11) is 0. The van der Waals surface area contributed by atoms with E-state index in [0.717, 1.165) is 13.0 Å². The Hall–Kier alpha value is -1.60. The number of hydrogen-bond donors (Lipinski definition) is 1. The number of nitrogens with one attached hydrogen (secondary N) is 1. The number of benzene rings is 2. The highest BCUT2D eigenvalue weighted by atomic mass is 14.9. The first-order valence-corrected chi connectivity index (χ1v) is 8.19. The highest BCUT2D eigenvalue weighted by molar-refractivity contribution is 5.27. The van der Waals surface area contributed by atoms with Crippen LogP contribution in [0, 0.1) is 0 Å². The van der Waals surface area contributed by atoms with Gasteiger partial charge in [0.15, 0.2) is 0 Å². The Morgan fingerprint density at radius 2 is 1.57 bits per heavy atom. The van der Waals surface area contributed by atoms with Crippen molar-refractivity contribution in [2.45, 2.75) is 45.6 Å². The molecule has 0 spiro atoms. The number of aryl methyl sites for hydroxylation is 1. The highest BCUT2D eigenvalue weighted by Gasteiger charge is 2.10. The second-order valence-corrected chi connectivity index (χ2v) is 5.65. The largest absolute Gasteiger partial charge is 0.310 e. The lowest BCUT2D eigenvalue weighted by Gasteiger charge is -2.19. The molecule has 2 rings (SSSR count). The average molecular weight is 281 g/mol. The van der Waals surface area contributed by atoms with Crippen LogP contribution in [0.3, 0.4) is 0 Å².